The summed E-state index contributed by atoms with van der Waals surface area (Å²) < 4.78 is 2.09. The van der Waals surface area contributed by atoms with Crippen LogP contribution in [-0.4, -0.2) is 20.2 Å². The van der Waals surface area contributed by atoms with Crippen LogP contribution in [0.3, 0.4) is 0 Å². The maximum atomic E-state index is 4.90. The third kappa shape index (κ3) is 3.22. The summed E-state index contributed by atoms with van der Waals surface area (Å²) in [4.78, 5) is 14.5. The Hall–Kier alpha value is -3.27. The monoisotopic (exact) mass is 368 g/mol. The topological polar surface area (TPSA) is 43.1 Å². The number of hydrogen-bond acceptors (Lipinski definition) is 3. The third-order valence-corrected chi connectivity index (χ3v) is 5.05. The molecule has 0 aliphatic rings. The SMILES string of the molecule is CC(=Nc1c(C)cc(C)cc1C)c1cccc(-c2nc3ccccc3n2C)n1. The molecule has 0 N–H and O–H groups in total. The Morgan fingerprint density at radius 3 is 2.32 bits per heavy atom. The Kier molecular flexibility index (Phi) is 4.55. The van der Waals surface area contributed by atoms with Crippen molar-refractivity contribution in [2.45, 2.75) is 27.7 Å². The normalized spacial score (nSPS) is 12.0. The fourth-order valence-electron chi connectivity index (χ4n) is 3.71. The van der Waals surface area contributed by atoms with Crippen molar-refractivity contribution >= 4 is 22.4 Å². The molecule has 4 aromatic rings. The molecule has 0 spiro atoms. The minimum Gasteiger partial charge on any atom is -0.326 e. The highest BCUT2D eigenvalue weighted by Crippen LogP contribution is 2.26. The van der Waals surface area contributed by atoms with Crippen molar-refractivity contribution in [1.82, 2.24) is 14.5 Å². The average molecular weight is 368 g/mol. The molecule has 0 radical (unpaired) electrons. The summed E-state index contributed by atoms with van der Waals surface area (Å²) in [6.45, 7) is 8.34. The number of nitrogens with zero attached hydrogens (tertiary/aromatic N) is 4. The molecule has 0 unspecified atom stereocenters. The predicted octanol–water partition coefficient (Wildman–Crippen LogP) is 5.70. The van der Waals surface area contributed by atoms with Crippen LogP contribution in [0.2, 0.25) is 0 Å². The molecule has 4 rings (SSSR count). The van der Waals surface area contributed by atoms with E-state index in [9.17, 15) is 0 Å². The molecule has 28 heavy (non-hydrogen) atoms. The second-order valence-electron chi connectivity index (χ2n) is 7.34. The summed E-state index contributed by atoms with van der Waals surface area (Å²) in [5.41, 5.74) is 9.34. The number of aromatic nitrogens is 3. The number of para-hydroxylation sites is 2. The molecule has 140 valence electrons. The van der Waals surface area contributed by atoms with E-state index in [1.165, 1.54) is 16.7 Å². The lowest BCUT2D eigenvalue weighted by Gasteiger charge is -2.09. The van der Waals surface area contributed by atoms with Gasteiger partial charge in [0.15, 0.2) is 5.82 Å². The van der Waals surface area contributed by atoms with Crippen molar-refractivity contribution in [3.05, 3.63) is 77.0 Å². The number of aryl methyl sites for hydroxylation is 4. The summed E-state index contributed by atoms with van der Waals surface area (Å²) >= 11 is 0. The van der Waals surface area contributed by atoms with Crippen molar-refractivity contribution in [2.75, 3.05) is 0 Å². The van der Waals surface area contributed by atoms with Gasteiger partial charge in [-0.25, -0.2) is 9.97 Å². The van der Waals surface area contributed by atoms with Gasteiger partial charge in [0.25, 0.3) is 0 Å². The minimum absolute atomic E-state index is 0.850. The van der Waals surface area contributed by atoms with E-state index < -0.39 is 0 Å². The molecule has 0 fully saturated rings. The van der Waals surface area contributed by atoms with Crippen LogP contribution in [0.4, 0.5) is 5.69 Å². The number of fused-ring (bicyclic) bond motifs is 1. The molecule has 2 aromatic carbocycles. The van der Waals surface area contributed by atoms with Gasteiger partial charge in [0.05, 0.1) is 28.1 Å². The standard InChI is InChI=1S/C24H24N4/c1-15-13-16(2)23(17(3)14-15)25-18(4)19-10-8-11-21(26-19)24-27-20-9-6-7-12-22(20)28(24)5/h6-14H,1-5H3. The number of pyridine rings is 1. The maximum Gasteiger partial charge on any atom is 0.159 e. The zero-order valence-electron chi connectivity index (χ0n) is 17.0. The second-order valence-corrected chi connectivity index (χ2v) is 7.34. The lowest BCUT2D eigenvalue weighted by molar-refractivity contribution is 0.949. The highest BCUT2D eigenvalue weighted by molar-refractivity contribution is 5.99. The summed E-state index contributed by atoms with van der Waals surface area (Å²) in [6, 6.07) is 18.5. The molecule has 2 heterocycles. The van der Waals surface area contributed by atoms with Crippen molar-refractivity contribution in [1.29, 1.82) is 0 Å². The number of imidazole rings is 1. The van der Waals surface area contributed by atoms with Crippen LogP contribution >= 0.6 is 0 Å². The first-order chi connectivity index (χ1) is 13.4. The Labute approximate surface area is 165 Å². The summed E-state index contributed by atoms with van der Waals surface area (Å²) in [5, 5.41) is 0. The number of hydrogen-bond donors (Lipinski definition) is 0. The van der Waals surface area contributed by atoms with E-state index in [4.69, 9.17) is 15.0 Å². The molecule has 0 saturated carbocycles. The summed E-state index contributed by atoms with van der Waals surface area (Å²) in [7, 11) is 2.03. The first-order valence-corrected chi connectivity index (χ1v) is 9.46. The molecule has 0 aliphatic carbocycles. The zero-order valence-corrected chi connectivity index (χ0v) is 17.0. The van der Waals surface area contributed by atoms with E-state index in [1.54, 1.807) is 0 Å². The Morgan fingerprint density at radius 1 is 0.893 bits per heavy atom. The highest BCUT2D eigenvalue weighted by atomic mass is 15.1. The zero-order chi connectivity index (χ0) is 19.8. The van der Waals surface area contributed by atoms with Gasteiger partial charge >= 0.3 is 0 Å². The predicted molar refractivity (Wildman–Crippen MR) is 116 cm³/mol. The van der Waals surface area contributed by atoms with Crippen LogP contribution < -0.4 is 0 Å². The fourth-order valence-corrected chi connectivity index (χ4v) is 3.71. The Morgan fingerprint density at radius 2 is 1.61 bits per heavy atom. The lowest BCUT2D eigenvalue weighted by atomic mass is 10.1. The largest absolute Gasteiger partial charge is 0.326 e. The van der Waals surface area contributed by atoms with Gasteiger partial charge in [0.1, 0.15) is 5.69 Å². The molecule has 0 saturated heterocycles. The van der Waals surface area contributed by atoms with Gasteiger partial charge in [-0.15, -0.1) is 0 Å². The number of aliphatic imine (C=N–C) groups is 1. The minimum atomic E-state index is 0.850. The van der Waals surface area contributed by atoms with E-state index in [2.05, 4.69) is 43.5 Å². The number of benzene rings is 2. The average Bonchev–Trinajstić information content (AvgIpc) is 3.01. The number of rotatable bonds is 3. The van der Waals surface area contributed by atoms with Crippen molar-refractivity contribution in [3.8, 4) is 11.5 Å². The Bertz CT molecular complexity index is 1190. The van der Waals surface area contributed by atoms with Gasteiger partial charge in [-0.2, -0.15) is 0 Å². The molecule has 2 aromatic heterocycles. The summed E-state index contributed by atoms with van der Waals surface area (Å²) in [6.07, 6.45) is 0. The Balaban J connectivity index is 1.77. The first kappa shape index (κ1) is 18.1. The summed E-state index contributed by atoms with van der Waals surface area (Å²) in [5.74, 6) is 0.860. The van der Waals surface area contributed by atoms with Gasteiger partial charge in [-0.1, -0.05) is 35.9 Å². The maximum absolute atomic E-state index is 4.90. The van der Waals surface area contributed by atoms with E-state index >= 15 is 0 Å². The van der Waals surface area contributed by atoms with Crippen LogP contribution in [0.1, 0.15) is 29.3 Å². The molecular formula is C24H24N4. The highest BCUT2D eigenvalue weighted by Gasteiger charge is 2.12. The molecule has 0 bridgehead atoms. The van der Waals surface area contributed by atoms with Gasteiger partial charge < -0.3 is 4.57 Å². The van der Waals surface area contributed by atoms with Gasteiger partial charge in [0, 0.05) is 7.05 Å². The smallest absolute Gasteiger partial charge is 0.159 e. The molecule has 4 heteroatoms. The lowest BCUT2D eigenvalue weighted by Crippen LogP contribution is -2.02. The van der Waals surface area contributed by atoms with Crippen LogP contribution in [0.5, 0.6) is 0 Å². The molecule has 4 nitrogen and oxygen atoms in total. The second kappa shape index (κ2) is 7.04. The van der Waals surface area contributed by atoms with Gasteiger partial charge in [0.2, 0.25) is 0 Å². The van der Waals surface area contributed by atoms with Crippen LogP contribution in [0.25, 0.3) is 22.6 Å². The van der Waals surface area contributed by atoms with Crippen molar-refractivity contribution < 1.29 is 0 Å². The fraction of sp³-hybridized carbons (Fsp3) is 0.208. The molecule has 0 amide bonds. The van der Waals surface area contributed by atoms with Crippen LogP contribution in [0.15, 0.2) is 59.6 Å². The molecule has 0 atom stereocenters. The van der Waals surface area contributed by atoms with E-state index in [0.717, 1.165) is 39.6 Å². The van der Waals surface area contributed by atoms with E-state index in [1.807, 2.05) is 50.4 Å². The van der Waals surface area contributed by atoms with Crippen molar-refractivity contribution in [2.24, 2.45) is 12.0 Å². The molecule has 0 aliphatic heterocycles. The van der Waals surface area contributed by atoms with Crippen LogP contribution in [-0.2, 0) is 7.05 Å². The third-order valence-electron chi connectivity index (χ3n) is 5.05. The van der Waals surface area contributed by atoms with Gasteiger partial charge in [-0.05, 0) is 63.1 Å². The quantitative estimate of drug-likeness (QED) is 0.435. The first-order valence-electron chi connectivity index (χ1n) is 9.46. The van der Waals surface area contributed by atoms with Crippen molar-refractivity contribution in [3.63, 3.8) is 0 Å². The van der Waals surface area contributed by atoms with E-state index in [-0.39, 0.29) is 0 Å². The molecular weight excluding hydrogens is 344 g/mol. The van der Waals surface area contributed by atoms with Gasteiger partial charge in [-0.3, -0.25) is 4.99 Å². The van der Waals surface area contributed by atoms with Crippen LogP contribution in [0, 0.1) is 20.8 Å². The van der Waals surface area contributed by atoms with E-state index in [0.29, 0.717) is 0 Å².